The molecule has 114 valence electrons. The molecular formula is C10H13Cl2NO5S2. The summed E-state index contributed by atoms with van der Waals surface area (Å²) in [7, 11) is -2.73. The standard InChI is InChI=1S/C10H12ClNO5S2.ClH/c11-18(13,14)9-3-1-2-4-10(9)19(15,16)12-5-7-17-8-6-12;/h1-4H,5-8H2;1H. The van der Waals surface area contributed by atoms with Gasteiger partial charge in [0.25, 0.3) is 9.05 Å². The number of nitrogens with zero attached hydrogens (tertiary/aromatic N) is 1. The lowest BCUT2D eigenvalue weighted by Crippen LogP contribution is -2.40. The summed E-state index contributed by atoms with van der Waals surface area (Å²) < 4.78 is 54.0. The topological polar surface area (TPSA) is 80.8 Å². The lowest BCUT2D eigenvalue weighted by Gasteiger charge is -2.26. The Kier molecular flexibility index (Phi) is 5.82. The van der Waals surface area contributed by atoms with Gasteiger partial charge in [0.1, 0.15) is 9.79 Å². The smallest absolute Gasteiger partial charge is 0.262 e. The fourth-order valence-corrected chi connectivity index (χ4v) is 5.01. The van der Waals surface area contributed by atoms with Crippen LogP contribution in [0, 0.1) is 0 Å². The van der Waals surface area contributed by atoms with Crippen molar-refractivity contribution in [3.05, 3.63) is 24.3 Å². The molecule has 0 bridgehead atoms. The molecule has 0 amide bonds. The Bertz CT molecular complexity index is 669. The predicted octanol–water partition coefficient (Wildman–Crippen LogP) is 1.06. The average Bonchev–Trinajstić information content (AvgIpc) is 2.39. The second-order valence-corrected chi connectivity index (χ2v) is 8.34. The fraction of sp³-hybridized carbons (Fsp3) is 0.400. The summed E-state index contributed by atoms with van der Waals surface area (Å²) in [6, 6.07) is 5.29. The molecule has 1 aliphatic rings. The Labute approximate surface area is 128 Å². The van der Waals surface area contributed by atoms with Gasteiger partial charge in [0.05, 0.1) is 13.2 Å². The Morgan fingerprint density at radius 2 is 1.50 bits per heavy atom. The molecule has 0 spiro atoms. The quantitative estimate of drug-likeness (QED) is 0.751. The van der Waals surface area contributed by atoms with Crippen molar-refractivity contribution in [1.82, 2.24) is 4.31 Å². The SMILES string of the molecule is Cl.O=S(=O)(Cl)c1ccccc1S(=O)(=O)N1CCOCC1. The maximum Gasteiger partial charge on any atom is 0.262 e. The van der Waals surface area contributed by atoms with E-state index in [0.717, 1.165) is 0 Å². The Morgan fingerprint density at radius 3 is 2.00 bits per heavy atom. The van der Waals surface area contributed by atoms with Crippen LogP contribution in [0.25, 0.3) is 0 Å². The van der Waals surface area contributed by atoms with E-state index in [1.807, 2.05) is 0 Å². The summed E-state index contributed by atoms with van der Waals surface area (Å²) in [4.78, 5) is -0.699. The van der Waals surface area contributed by atoms with Crippen molar-refractivity contribution in [3.8, 4) is 0 Å². The summed E-state index contributed by atoms with van der Waals surface area (Å²) >= 11 is 0. The van der Waals surface area contributed by atoms with E-state index in [0.29, 0.717) is 0 Å². The van der Waals surface area contributed by atoms with E-state index in [4.69, 9.17) is 15.4 Å². The van der Waals surface area contributed by atoms with Gasteiger partial charge in [-0.3, -0.25) is 0 Å². The van der Waals surface area contributed by atoms with Crippen LogP contribution in [-0.2, 0) is 23.8 Å². The highest BCUT2D eigenvalue weighted by Crippen LogP contribution is 2.26. The first-order valence-corrected chi connectivity index (χ1v) is 9.20. The third-order valence-electron chi connectivity index (χ3n) is 2.70. The molecule has 1 aromatic rings. The molecule has 1 heterocycles. The van der Waals surface area contributed by atoms with Crippen molar-refractivity contribution in [2.24, 2.45) is 0 Å². The van der Waals surface area contributed by atoms with Crippen LogP contribution in [-0.4, -0.2) is 47.4 Å². The maximum atomic E-state index is 12.4. The maximum absolute atomic E-state index is 12.4. The summed E-state index contributed by atoms with van der Waals surface area (Å²) in [5.74, 6) is 0. The van der Waals surface area contributed by atoms with Gasteiger partial charge >= 0.3 is 0 Å². The van der Waals surface area contributed by atoms with Crippen LogP contribution in [0.15, 0.2) is 34.1 Å². The molecule has 0 N–H and O–H groups in total. The third-order valence-corrected chi connectivity index (χ3v) is 6.17. The molecule has 0 unspecified atom stereocenters. The minimum Gasteiger partial charge on any atom is -0.379 e. The molecule has 0 aliphatic carbocycles. The number of halogens is 2. The van der Waals surface area contributed by atoms with Crippen LogP contribution in [0.1, 0.15) is 0 Å². The zero-order chi connectivity index (χ0) is 14.1. The van der Waals surface area contributed by atoms with Crippen molar-refractivity contribution in [1.29, 1.82) is 0 Å². The van der Waals surface area contributed by atoms with Gasteiger partial charge in [-0.25, -0.2) is 16.8 Å². The third kappa shape index (κ3) is 3.63. The number of benzene rings is 1. The van der Waals surface area contributed by atoms with Gasteiger partial charge in [-0.15, -0.1) is 12.4 Å². The van der Waals surface area contributed by atoms with Gasteiger partial charge in [-0.1, -0.05) is 12.1 Å². The van der Waals surface area contributed by atoms with Crippen LogP contribution >= 0.6 is 23.1 Å². The van der Waals surface area contributed by atoms with Gasteiger partial charge in [0.15, 0.2) is 0 Å². The minimum atomic E-state index is -4.12. The molecule has 10 heteroatoms. The molecule has 20 heavy (non-hydrogen) atoms. The molecule has 6 nitrogen and oxygen atoms in total. The number of hydrogen-bond donors (Lipinski definition) is 0. The van der Waals surface area contributed by atoms with Crippen LogP contribution in [0.4, 0.5) is 0 Å². The molecule has 1 saturated heterocycles. The van der Waals surface area contributed by atoms with Crippen molar-refractivity contribution in [2.45, 2.75) is 9.79 Å². The average molecular weight is 362 g/mol. The van der Waals surface area contributed by atoms with Crippen LogP contribution in [0.5, 0.6) is 0 Å². The van der Waals surface area contributed by atoms with Crippen LogP contribution in [0.2, 0.25) is 0 Å². The van der Waals surface area contributed by atoms with Crippen LogP contribution < -0.4 is 0 Å². The summed E-state index contributed by atoms with van der Waals surface area (Å²) in [5.41, 5.74) is 0. The molecule has 2 rings (SSSR count). The first-order chi connectivity index (χ1) is 8.83. The number of hydrogen-bond acceptors (Lipinski definition) is 5. The van der Waals surface area contributed by atoms with E-state index in [1.165, 1.54) is 28.6 Å². The zero-order valence-corrected chi connectivity index (χ0v) is 13.4. The highest BCUT2D eigenvalue weighted by atomic mass is 35.7. The van der Waals surface area contributed by atoms with Gasteiger partial charge in [-0.05, 0) is 12.1 Å². The van der Waals surface area contributed by atoms with E-state index < -0.39 is 24.0 Å². The molecule has 0 radical (unpaired) electrons. The first-order valence-electron chi connectivity index (χ1n) is 5.45. The fourth-order valence-electron chi connectivity index (χ4n) is 1.79. The molecule has 1 aliphatic heterocycles. The summed E-state index contributed by atoms with van der Waals surface area (Å²) in [5, 5.41) is 0. The Morgan fingerprint density at radius 1 is 1.00 bits per heavy atom. The van der Waals surface area contributed by atoms with Crippen molar-refractivity contribution in [2.75, 3.05) is 26.3 Å². The van der Waals surface area contributed by atoms with Crippen molar-refractivity contribution >= 4 is 42.2 Å². The van der Waals surface area contributed by atoms with Gasteiger partial charge < -0.3 is 4.74 Å². The molecule has 1 aromatic carbocycles. The minimum absolute atomic E-state index is 0. The lowest BCUT2D eigenvalue weighted by molar-refractivity contribution is 0.0729. The summed E-state index contributed by atoms with van der Waals surface area (Å²) in [6.45, 7) is 0.960. The van der Waals surface area contributed by atoms with Gasteiger partial charge in [0, 0.05) is 23.8 Å². The number of ether oxygens (including phenoxy) is 1. The monoisotopic (exact) mass is 361 g/mol. The summed E-state index contributed by atoms with van der Waals surface area (Å²) in [6.07, 6.45) is 0. The first kappa shape index (κ1) is 17.7. The van der Waals surface area contributed by atoms with Crippen LogP contribution in [0.3, 0.4) is 0 Å². The predicted molar refractivity (Wildman–Crippen MR) is 76.3 cm³/mol. The molecule has 1 fully saturated rings. The normalized spacial score (nSPS) is 17.4. The number of morpholine rings is 1. The second kappa shape index (κ2) is 6.59. The van der Waals surface area contributed by atoms with E-state index in [-0.39, 0.29) is 43.6 Å². The lowest BCUT2D eigenvalue weighted by atomic mass is 10.4. The Balaban J connectivity index is 0.00000200. The van der Waals surface area contributed by atoms with Crippen molar-refractivity contribution in [3.63, 3.8) is 0 Å². The highest BCUT2D eigenvalue weighted by Gasteiger charge is 2.31. The molecule has 0 atom stereocenters. The van der Waals surface area contributed by atoms with Crippen molar-refractivity contribution < 1.29 is 21.6 Å². The Hall–Kier alpha value is -0.380. The van der Waals surface area contributed by atoms with Gasteiger partial charge in [-0.2, -0.15) is 4.31 Å². The van der Waals surface area contributed by atoms with E-state index in [9.17, 15) is 16.8 Å². The van der Waals surface area contributed by atoms with E-state index in [2.05, 4.69) is 0 Å². The second-order valence-electron chi connectivity index (χ2n) is 3.90. The zero-order valence-electron chi connectivity index (χ0n) is 10.2. The highest BCUT2D eigenvalue weighted by molar-refractivity contribution is 8.14. The van der Waals surface area contributed by atoms with Gasteiger partial charge in [0.2, 0.25) is 10.0 Å². The number of sulfonamides is 1. The molecule has 0 saturated carbocycles. The number of rotatable bonds is 3. The van der Waals surface area contributed by atoms with E-state index in [1.54, 1.807) is 0 Å². The largest absolute Gasteiger partial charge is 0.379 e. The molecular weight excluding hydrogens is 349 g/mol. The van der Waals surface area contributed by atoms with E-state index >= 15 is 0 Å². The molecule has 0 aromatic heterocycles.